The Balaban J connectivity index is 1.50. The van der Waals surface area contributed by atoms with Crippen molar-refractivity contribution in [1.82, 2.24) is 9.97 Å². The minimum Gasteiger partial charge on any atom is -0.489 e. The van der Waals surface area contributed by atoms with Gasteiger partial charge in [0.15, 0.2) is 0 Å². The molecule has 6 rings (SSSR count). The highest BCUT2D eigenvalue weighted by Gasteiger charge is 2.18. The molecular formula is C28H22N2O2S. The van der Waals surface area contributed by atoms with Gasteiger partial charge in [-0.2, -0.15) is 0 Å². The molecule has 0 saturated carbocycles. The third-order valence-corrected chi connectivity index (χ3v) is 6.99. The Kier molecular flexibility index (Phi) is 5.06. The van der Waals surface area contributed by atoms with Crippen molar-refractivity contribution in [3.8, 4) is 16.3 Å². The predicted octanol–water partition coefficient (Wildman–Crippen LogP) is 7.32. The van der Waals surface area contributed by atoms with E-state index in [0.717, 1.165) is 44.4 Å². The summed E-state index contributed by atoms with van der Waals surface area (Å²) in [5.41, 5.74) is 5.28. The maximum absolute atomic E-state index is 6.12. The van der Waals surface area contributed by atoms with Crippen molar-refractivity contribution in [3.63, 3.8) is 0 Å². The van der Waals surface area contributed by atoms with Crippen LogP contribution in [0.25, 0.3) is 43.1 Å². The van der Waals surface area contributed by atoms with Gasteiger partial charge in [0, 0.05) is 34.3 Å². The molecule has 0 aliphatic rings. The number of benzene rings is 3. The summed E-state index contributed by atoms with van der Waals surface area (Å²) in [6.45, 7) is 1.02. The van der Waals surface area contributed by atoms with E-state index < -0.39 is 0 Å². The quantitative estimate of drug-likeness (QED) is 0.289. The van der Waals surface area contributed by atoms with Crippen LogP contribution in [-0.4, -0.2) is 17.1 Å². The molecule has 33 heavy (non-hydrogen) atoms. The number of hydrogen-bond donors (Lipinski definition) is 1. The summed E-state index contributed by atoms with van der Waals surface area (Å²) in [6.07, 6.45) is 1.93. The number of pyridine rings is 1. The molecule has 0 fully saturated rings. The molecule has 3 aromatic heterocycles. The second-order valence-electron chi connectivity index (χ2n) is 8.07. The van der Waals surface area contributed by atoms with Crippen molar-refractivity contribution < 1.29 is 9.47 Å². The summed E-state index contributed by atoms with van der Waals surface area (Å²) in [5.74, 6) is 0.843. The van der Waals surface area contributed by atoms with Gasteiger partial charge >= 0.3 is 0 Å². The first-order valence-electron chi connectivity index (χ1n) is 10.9. The Morgan fingerprint density at radius 2 is 1.73 bits per heavy atom. The Morgan fingerprint density at radius 1 is 0.879 bits per heavy atom. The number of methoxy groups -OCH3 is 1. The molecule has 3 aromatic carbocycles. The number of aromatic nitrogens is 2. The van der Waals surface area contributed by atoms with Crippen LogP contribution in [0.15, 0.2) is 84.4 Å². The number of rotatable bonds is 6. The zero-order valence-electron chi connectivity index (χ0n) is 18.2. The molecule has 0 saturated heterocycles. The number of hydrogen-bond acceptors (Lipinski definition) is 4. The van der Waals surface area contributed by atoms with Crippen LogP contribution in [0.2, 0.25) is 0 Å². The molecule has 0 radical (unpaired) electrons. The number of ether oxygens (including phenoxy) is 2. The van der Waals surface area contributed by atoms with E-state index in [2.05, 4.69) is 58.9 Å². The lowest BCUT2D eigenvalue weighted by Crippen LogP contribution is -1.96. The van der Waals surface area contributed by atoms with Crippen LogP contribution in [0.5, 0.6) is 5.75 Å². The molecule has 1 N–H and O–H groups in total. The number of H-pyrrole nitrogens is 1. The van der Waals surface area contributed by atoms with Crippen molar-refractivity contribution in [3.05, 3.63) is 95.5 Å². The van der Waals surface area contributed by atoms with Crippen LogP contribution < -0.4 is 4.74 Å². The summed E-state index contributed by atoms with van der Waals surface area (Å²) in [6, 6.07) is 24.9. The van der Waals surface area contributed by atoms with Crippen LogP contribution in [0.3, 0.4) is 0 Å². The zero-order valence-corrected chi connectivity index (χ0v) is 19.0. The van der Waals surface area contributed by atoms with Gasteiger partial charge in [0.2, 0.25) is 0 Å². The van der Waals surface area contributed by atoms with E-state index in [9.17, 15) is 0 Å². The molecule has 0 spiro atoms. The fourth-order valence-electron chi connectivity index (χ4n) is 4.43. The second-order valence-corrected chi connectivity index (χ2v) is 8.95. The minimum atomic E-state index is 0.480. The minimum absolute atomic E-state index is 0.480. The first-order valence-corrected chi connectivity index (χ1v) is 11.8. The van der Waals surface area contributed by atoms with E-state index in [1.807, 2.05) is 30.5 Å². The normalized spacial score (nSPS) is 11.5. The molecule has 0 atom stereocenters. The monoisotopic (exact) mass is 450 g/mol. The van der Waals surface area contributed by atoms with E-state index in [1.165, 1.54) is 15.6 Å². The van der Waals surface area contributed by atoms with Crippen LogP contribution in [0.1, 0.15) is 11.1 Å². The highest BCUT2D eigenvalue weighted by atomic mass is 32.1. The molecule has 3 heterocycles. The molecule has 6 aromatic rings. The van der Waals surface area contributed by atoms with Gasteiger partial charge in [-0.1, -0.05) is 54.6 Å². The van der Waals surface area contributed by atoms with Crippen molar-refractivity contribution in [2.45, 2.75) is 13.2 Å². The van der Waals surface area contributed by atoms with Gasteiger partial charge < -0.3 is 14.5 Å². The molecule has 162 valence electrons. The van der Waals surface area contributed by atoms with Crippen LogP contribution in [0.4, 0.5) is 0 Å². The maximum atomic E-state index is 6.12. The number of nitrogens with zero attached hydrogens (tertiary/aromatic N) is 1. The third-order valence-electron chi connectivity index (χ3n) is 5.97. The fraction of sp³-hybridized carbons (Fsp3) is 0.107. The number of thiophene rings is 1. The topological polar surface area (TPSA) is 47.1 Å². The van der Waals surface area contributed by atoms with Crippen molar-refractivity contribution in [2.24, 2.45) is 0 Å². The zero-order chi connectivity index (χ0) is 22.2. The van der Waals surface area contributed by atoms with Crippen LogP contribution in [-0.2, 0) is 18.0 Å². The van der Waals surface area contributed by atoms with Gasteiger partial charge in [-0.15, -0.1) is 11.3 Å². The van der Waals surface area contributed by atoms with Crippen LogP contribution >= 0.6 is 11.3 Å². The predicted molar refractivity (Wildman–Crippen MR) is 136 cm³/mol. The number of fused-ring (bicyclic) bond motifs is 4. The van der Waals surface area contributed by atoms with Gasteiger partial charge in [-0.25, -0.2) is 0 Å². The summed E-state index contributed by atoms with van der Waals surface area (Å²) in [5, 5.41) is 6.90. The van der Waals surface area contributed by atoms with E-state index in [4.69, 9.17) is 14.5 Å². The molecular weight excluding hydrogens is 428 g/mol. The molecule has 0 bridgehead atoms. The van der Waals surface area contributed by atoms with Crippen LogP contribution in [0, 0.1) is 0 Å². The van der Waals surface area contributed by atoms with E-state index in [1.54, 1.807) is 18.4 Å². The molecule has 5 heteroatoms. The van der Waals surface area contributed by atoms with Gasteiger partial charge in [0.05, 0.1) is 28.9 Å². The fourth-order valence-corrected chi connectivity index (χ4v) is 5.48. The Hall–Kier alpha value is -3.67. The maximum Gasteiger partial charge on any atom is 0.120 e. The third kappa shape index (κ3) is 3.55. The first-order chi connectivity index (χ1) is 16.3. The van der Waals surface area contributed by atoms with E-state index in [-0.39, 0.29) is 0 Å². The Bertz CT molecular complexity index is 1580. The highest BCUT2D eigenvalue weighted by Crippen LogP contribution is 2.40. The smallest absolute Gasteiger partial charge is 0.120 e. The lowest BCUT2D eigenvalue weighted by Gasteiger charge is -2.10. The Morgan fingerprint density at radius 3 is 2.61 bits per heavy atom. The van der Waals surface area contributed by atoms with Gasteiger partial charge in [-0.05, 0) is 34.5 Å². The van der Waals surface area contributed by atoms with Crippen molar-refractivity contribution in [1.29, 1.82) is 0 Å². The average Bonchev–Trinajstić information content (AvgIpc) is 3.45. The molecule has 4 nitrogen and oxygen atoms in total. The summed E-state index contributed by atoms with van der Waals surface area (Å²) in [4.78, 5) is 9.57. The molecule has 0 unspecified atom stereocenters. The van der Waals surface area contributed by atoms with Gasteiger partial charge in [0.1, 0.15) is 12.4 Å². The average molecular weight is 451 g/mol. The van der Waals surface area contributed by atoms with Gasteiger partial charge in [-0.3, -0.25) is 4.98 Å². The number of aromatic amines is 1. The summed E-state index contributed by atoms with van der Waals surface area (Å²) >= 11 is 1.73. The molecule has 0 aliphatic heterocycles. The standard InChI is InChI=1S/C28H22N2O2S/c1-31-16-23-26-22-13-20(32-15-18-7-3-2-4-8-18)11-12-24(22)30-25(26)14-29-27(23)28-21-10-6-5-9-19(21)17-33-28/h2-14,17,30H,15-16H2,1H3. The lowest BCUT2D eigenvalue weighted by molar-refractivity contribution is 0.186. The first kappa shape index (κ1) is 20.0. The SMILES string of the molecule is COCc1c(-c2scc3ccccc23)ncc2[nH]c3ccc(OCc4ccccc4)cc3c12. The largest absolute Gasteiger partial charge is 0.489 e. The lowest BCUT2D eigenvalue weighted by atomic mass is 10.0. The van der Waals surface area contributed by atoms with E-state index >= 15 is 0 Å². The highest BCUT2D eigenvalue weighted by molar-refractivity contribution is 7.15. The number of nitrogens with one attached hydrogen (secondary N) is 1. The van der Waals surface area contributed by atoms with Crippen molar-refractivity contribution >= 4 is 43.9 Å². The second kappa shape index (κ2) is 8.35. The summed E-state index contributed by atoms with van der Waals surface area (Å²) < 4.78 is 11.8. The summed E-state index contributed by atoms with van der Waals surface area (Å²) in [7, 11) is 1.73. The van der Waals surface area contributed by atoms with Gasteiger partial charge in [0.25, 0.3) is 0 Å². The molecule has 0 aliphatic carbocycles. The molecule has 0 amide bonds. The van der Waals surface area contributed by atoms with E-state index in [0.29, 0.717) is 13.2 Å². The van der Waals surface area contributed by atoms with Crippen molar-refractivity contribution in [2.75, 3.05) is 7.11 Å². The Labute approximate surface area is 195 Å².